The summed E-state index contributed by atoms with van der Waals surface area (Å²) in [5.41, 5.74) is 1.23. The quantitative estimate of drug-likeness (QED) is 0.307. The first-order valence-corrected chi connectivity index (χ1v) is 12.2. The lowest BCUT2D eigenvalue weighted by Gasteiger charge is -2.24. The SMILES string of the molecule is CC(C)(NC(=O)c1ccc(F)cc1)C(=O)Nc1nc(-c2ccc(F)cc2)c(-c2ncc(C3CC3)[nH]2)s1. The maximum Gasteiger partial charge on any atom is 0.252 e. The summed E-state index contributed by atoms with van der Waals surface area (Å²) < 4.78 is 26.7. The smallest absolute Gasteiger partial charge is 0.252 e. The summed E-state index contributed by atoms with van der Waals surface area (Å²) >= 11 is 1.23. The van der Waals surface area contributed by atoms with Crippen LogP contribution >= 0.6 is 11.3 Å². The van der Waals surface area contributed by atoms with E-state index in [0.29, 0.717) is 33.0 Å². The van der Waals surface area contributed by atoms with Crippen LogP contribution in [0.3, 0.4) is 0 Å². The largest absolute Gasteiger partial charge is 0.341 e. The Kier molecular flexibility index (Phi) is 6.13. The molecule has 0 aliphatic heterocycles. The predicted molar refractivity (Wildman–Crippen MR) is 134 cm³/mol. The molecule has 2 aromatic heterocycles. The van der Waals surface area contributed by atoms with Gasteiger partial charge in [-0.3, -0.25) is 14.9 Å². The van der Waals surface area contributed by atoms with Gasteiger partial charge in [-0.1, -0.05) is 11.3 Å². The second kappa shape index (κ2) is 9.27. The Labute approximate surface area is 210 Å². The Hall–Kier alpha value is -3.92. The summed E-state index contributed by atoms with van der Waals surface area (Å²) in [5.74, 6) is -0.707. The van der Waals surface area contributed by atoms with Gasteiger partial charge in [0.25, 0.3) is 11.8 Å². The number of hydrogen-bond acceptors (Lipinski definition) is 5. The Morgan fingerprint density at radius 1 is 1.03 bits per heavy atom. The van der Waals surface area contributed by atoms with Gasteiger partial charge in [0.05, 0.1) is 10.6 Å². The van der Waals surface area contributed by atoms with Crippen LogP contribution in [0.15, 0.2) is 54.7 Å². The van der Waals surface area contributed by atoms with Gasteiger partial charge in [0.2, 0.25) is 0 Å². The molecule has 0 atom stereocenters. The molecule has 2 amide bonds. The molecule has 2 aromatic carbocycles. The van der Waals surface area contributed by atoms with E-state index < -0.39 is 23.2 Å². The van der Waals surface area contributed by atoms with Gasteiger partial charge in [-0.2, -0.15) is 0 Å². The van der Waals surface area contributed by atoms with Gasteiger partial charge in [0.15, 0.2) is 5.13 Å². The number of nitrogens with one attached hydrogen (secondary N) is 3. The molecule has 0 saturated heterocycles. The molecule has 0 spiro atoms. The molecule has 0 unspecified atom stereocenters. The van der Waals surface area contributed by atoms with Gasteiger partial charge in [0.1, 0.15) is 23.0 Å². The lowest BCUT2D eigenvalue weighted by molar-refractivity contribution is -0.120. The van der Waals surface area contributed by atoms with E-state index in [1.54, 1.807) is 26.0 Å². The van der Waals surface area contributed by atoms with Crippen molar-refractivity contribution in [3.63, 3.8) is 0 Å². The molecule has 2 heterocycles. The van der Waals surface area contributed by atoms with E-state index >= 15 is 0 Å². The normalized spacial score (nSPS) is 13.4. The second-order valence-electron chi connectivity index (χ2n) is 9.21. The number of thiazole rings is 1. The summed E-state index contributed by atoms with van der Waals surface area (Å²) in [6.07, 6.45) is 4.05. The average Bonchev–Trinajstić information content (AvgIpc) is 3.42. The minimum atomic E-state index is -1.29. The number of aromatic nitrogens is 3. The summed E-state index contributed by atoms with van der Waals surface area (Å²) in [4.78, 5) is 38.9. The number of carbonyl (C=O) groups excluding carboxylic acids is 2. The third kappa shape index (κ3) is 5.03. The molecule has 10 heteroatoms. The number of benzene rings is 2. The first-order chi connectivity index (χ1) is 17.2. The standard InChI is InChI=1S/C26H23F2N5O2S/c1-26(2,33-23(34)16-7-11-18(28)12-8-16)24(35)32-25-31-20(15-5-9-17(27)10-6-15)21(36-25)22-29-13-19(30-22)14-3-4-14/h5-14H,3-4H2,1-2H3,(H,29,30)(H,33,34)(H,31,32,35). The van der Waals surface area contributed by atoms with Crippen molar-refractivity contribution >= 4 is 28.3 Å². The highest BCUT2D eigenvalue weighted by Crippen LogP contribution is 2.42. The van der Waals surface area contributed by atoms with Crippen LogP contribution in [-0.4, -0.2) is 32.3 Å². The van der Waals surface area contributed by atoms with Crippen molar-refractivity contribution in [2.45, 2.75) is 38.1 Å². The van der Waals surface area contributed by atoms with Crippen LogP contribution < -0.4 is 10.6 Å². The van der Waals surface area contributed by atoms with Crippen molar-refractivity contribution in [2.75, 3.05) is 5.32 Å². The van der Waals surface area contributed by atoms with Crippen molar-refractivity contribution in [1.82, 2.24) is 20.3 Å². The minimum absolute atomic E-state index is 0.233. The van der Waals surface area contributed by atoms with Crippen LogP contribution in [0.2, 0.25) is 0 Å². The lowest BCUT2D eigenvalue weighted by Crippen LogP contribution is -2.52. The van der Waals surface area contributed by atoms with Crippen LogP contribution in [0.5, 0.6) is 0 Å². The minimum Gasteiger partial charge on any atom is -0.341 e. The van der Waals surface area contributed by atoms with Gasteiger partial charge < -0.3 is 10.3 Å². The molecular formula is C26H23F2N5O2S. The summed E-state index contributed by atoms with van der Waals surface area (Å²) in [6, 6.07) is 11.0. The van der Waals surface area contributed by atoms with Gasteiger partial charge in [0, 0.05) is 28.9 Å². The molecule has 36 heavy (non-hydrogen) atoms. The number of amides is 2. The molecule has 184 valence electrons. The molecule has 0 radical (unpaired) electrons. The van der Waals surface area contributed by atoms with E-state index in [1.807, 2.05) is 6.20 Å². The van der Waals surface area contributed by atoms with Crippen LogP contribution in [-0.2, 0) is 4.79 Å². The van der Waals surface area contributed by atoms with Crippen LogP contribution in [0.4, 0.5) is 13.9 Å². The molecular weight excluding hydrogens is 484 g/mol. The Morgan fingerprint density at radius 2 is 1.67 bits per heavy atom. The fourth-order valence-corrected chi connectivity index (χ4v) is 4.59. The number of carbonyl (C=O) groups is 2. The number of halogens is 2. The van der Waals surface area contributed by atoms with E-state index in [0.717, 1.165) is 18.5 Å². The first kappa shape index (κ1) is 23.8. The van der Waals surface area contributed by atoms with Gasteiger partial charge in [-0.15, -0.1) is 0 Å². The summed E-state index contributed by atoms with van der Waals surface area (Å²) in [6.45, 7) is 3.13. The molecule has 1 aliphatic rings. The fraction of sp³-hybridized carbons (Fsp3) is 0.231. The fourth-order valence-electron chi connectivity index (χ4n) is 3.66. The third-order valence-electron chi connectivity index (χ3n) is 5.89. The zero-order valence-corrected chi connectivity index (χ0v) is 20.4. The average molecular weight is 508 g/mol. The Balaban J connectivity index is 1.40. The Morgan fingerprint density at radius 3 is 2.31 bits per heavy atom. The van der Waals surface area contributed by atoms with Crippen LogP contribution in [0.25, 0.3) is 22.0 Å². The number of hydrogen-bond donors (Lipinski definition) is 3. The highest BCUT2D eigenvalue weighted by atomic mass is 32.1. The van der Waals surface area contributed by atoms with Crippen molar-refractivity contribution in [1.29, 1.82) is 0 Å². The zero-order valence-electron chi connectivity index (χ0n) is 19.6. The molecule has 1 saturated carbocycles. The summed E-state index contributed by atoms with van der Waals surface area (Å²) in [5, 5.41) is 5.76. The topological polar surface area (TPSA) is 99.8 Å². The van der Waals surface area contributed by atoms with Crippen molar-refractivity contribution < 1.29 is 18.4 Å². The number of anilines is 1. The van der Waals surface area contributed by atoms with E-state index in [-0.39, 0.29) is 11.4 Å². The van der Waals surface area contributed by atoms with E-state index in [4.69, 9.17) is 0 Å². The lowest BCUT2D eigenvalue weighted by atomic mass is 10.0. The van der Waals surface area contributed by atoms with Gasteiger partial charge >= 0.3 is 0 Å². The molecule has 3 N–H and O–H groups in total. The van der Waals surface area contributed by atoms with Crippen LogP contribution in [0, 0.1) is 11.6 Å². The number of nitrogens with zero attached hydrogens (tertiary/aromatic N) is 2. The number of rotatable bonds is 7. The number of aromatic amines is 1. The van der Waals surface area contributed by atoms with Crippen molar-refractivity contribution in [3.8, 4) is 22.0 Å². The maximum absolute atomic E-state index is 13.5. The van der Waals surface area contributed by atoms with Crippen LogP contribution in [0.1, 0.15) is 48.7 Å². The second-order valence-corrected chi connectivity index (χ2v) is 10.2. The molecule has 7 nitrogen and oxygen atoms in total. The van der Waals surface area contributed by atoms with Gasteiger partial charge in [-0.05, 0) is 75.2 Å². The molecule has 4 aromatic rings. The van der Waals surface area contributed by atoms with E-state index in [9.17, 15) is 18.4 Å². The number of H-pyrrole nitrogens is 1. The number of imidazole rings is 1. The highest BCUT2D eigenvalue weighted by Gasteiger charge is 2.32. The molecule has 0 bridgehead atoms. The van der Waals surface area contributed by atoms with Crippen molar-refractivity contribution in [3.05, 3.63) is 77.6 Å². The van der Waals surface area contributed by atoms with Crippen molar-refractivity contribution in [2.24, 2.45) is 0 Å². The predicted octanol–water partition coefficient (Wildman–Crippen LogP) is 5.50. The molecule has 1 aliphatic carbocycles. The van der Waals surface area contributed by atoms with E-state index in [2.05, 4.69) is 25.6 Å². The van der Waals surface area contributed by atoms with Gasteiger partial charge in [-0.25, -0.2) is 18.7 Å². The Bertz CT molecular complexity index is 1420. The maximum atomic E-state index is 13.5. The molecule has 1 fully saturated rings. The highest BCUT2D eigenvalue weighted by molar-refractivity contribution is 7.19. The molecule has 5 rings (SSSR count). The monoisotopic (exact) mass is 507 g/mol. The first-order valence-electron chi connectivity index (χ1n) is 11.4. The van der Waals surface area contributed by atoms with E-state index in [1.165, 1.54) is 47.7 Å². The zero-order chi connectivity index (χ0) is 25.4. The third-order valence-corrected chi connectivity index (χ3v) is 6.87. The summed E-state index contributed by atoms with van der Waals surface area (Å²) in [7, 11) is 0.